The van der Waals surface area contributed by atoms with Crippen LogP contribution in [0.15, 0.2) is 35.0 Å². The molecule has 1 aliphatic carbocycles. The van der Waals surface area contributed by atoms with Crippen LogP contribution in [0.25, 0.3) is 5.57 Å². The first kappa shape index (κ1) is 11.0. The zero-order valence-corrected chi connectivity index (χ0v) is 9.24. The zero-order valence-electron chi connectivity index (χ0n) is 9.24. The lowest BCUT2D eigenvalue weighted by Crippen LogP contribution is -2.01. The van der Waals surface area contributed by atoms with Gasteiger partial charge in [-0.1, -0.05) is 29.8 Å². The van der Waals surface area contributed by atoms with E-state index in [0.717, 1.165) is 30.4 Å². The van der Waals surface area contributed by atoms with Gasteiger partial charge in [0.2, 0.25) is 0 Å². The monoisotopic (exact) mass is 219 g/mol. The molecule has 0 N–H and O–H groups in total. The molecule has 1 aromatic carbocycles. The maximum absolute atomic E-state index is 12.8. The maximum atomic E-state index is 12.8. The van der Waals surface area contributed by atoms with E-state index in [1.54, 1.807) is 12.1 Å². The quantitative estimate of drug-likeness (QED) is 0.708. The Labute approximate surface area is 94.2 Å². The first-order valence-electron chi connectivity index (χ1n) is 5.56. The van der Waals surface area contributed by atoms with Crippen LogP contribution in [0, 0.1) is 10.7 Å². The number of allylic oxidation sites excluding steroid dienone is 1. The Morgan fingerprint density at radius 3 is 2.62 bits per heavy atom. The van der Waals surface area contributed by atoms with Gasteiger partial charge in [0, 0.05) is 0 Å². The molecule has 2 rings (SSSR count). The third-order valence-corrected chi connectivity index (χ3v) is 3.14. The average Bonchev–Trinajstić information content (AvgIpc) is 2.73. The summed E-state index contributed by atoms with van der Waals surface area (Å²) in [5.41, 5.74) is 3.22. The number of hydrogen-bond donors (Lipinski definition) is 0. The minimum Gasteiger partial charge on any atom is -0.207 e. The van der Waals surface area contributed by atoms with E-state index in [4.69, 9.17) is 0 Å². The molecule has 1 aromatic rings. The lowest BCUT2D eigenvalue weighted by Gasteiger charge is -2.09. The summed E-state index contributed by atoms with van der Waals surface area (Å²) in [4.78, 5) is 10.8. The third kappa shape index (κ3) is 1.90. The SMILES string of the molecule is CCC1=C(c2ccc(F)cc2)C(N=O)CC1. The van der Waals surface area contributed by atoms with E-state index in [9.17, 15) is 9.30 Å². The van der Waals surface area contributed by atoms with Crippen LogP contribution in [0.2, 0.25) is 0 Å². The van der Waals surface area contributed by atoms with E-state index in [1.807, 2.05) is 0 Å². The molecular weight excluding hydrogens is 205 g/mol. The van der Waals surface area contributed by atoms with Gasteiger partial charge in [-0.2, -0.15) is 4.91 Å². The number of nitroso groups, excluding NO2 is 1. The lowest BCUT2D eigenvalue weighted by atomic mass is 9.98. The van der Waals surface area contributed by atoms with Crippen LogP contribution < -0.4 is 0 Å². The van der Waals surface area contributed by atoms with E-state index in [1.165, 1.54) is 17.7 Å². The molecular formula is C13H14FNO. The Morgan fingerprint density at radius 2 is 2.06 bits per heavy atom. The Kier molecular flexibility index (Phi) is 3.13. The molecule has 16 heavy (non-hydrogen) atoms. The van der Waals surface area contributed by atoms with Crippen LogP contribution in [0.4, 0.5) is 4.39 Å². The molecule has 1 atom stereocenters. The molecule has 0 saturated carbocycles. The molecule has 1 aliphatic rings. The van der Waals surface area contributed by atoms with E-state index >= 15 is 0 Å². The molecule has 0 amide bonds. The molecule has 0 fully saturated rings. The van der Waals surface area contributed by atoms with Crippen molar-refractivity contribution in [3.05, 3.63) is 46.1 Å². The van der Waals surface area contributed by atoms with Crippen molar-refractivity contribution in [1.29, 1.82) is 0 Å². The molecule has 3 heteroatoms. The highest BCUT2D eigenvalue weighted by Gasteiger charge is 2.26. The van der Waals surface area contributed by atoms with Crippen LogP contribution in [-0.4, -0.2) is 6.04 Å². The molecule has 1 unspecified atom stereocenters. The van der Waals surface area contributed by atoms with Gasteiger partial charge in [0.05, 0.1) is 0 Å². The maximum Gasteiger partial charge on any atom is 0.123 e. The van der Waals surface area contributed by atoms with Crippen LogP contribution in [-0.2, 0) is 0 Å². The van der Waals surface area contributed by atoms with E-state index in [-0.39, 0.29) is 11.9 Å². The molecule has 84 valence electrons. The van der Waals surface area contributed by atoms with Gasteiger partial charge in [-0.3, -0.25) is 0 Å². The van der Waals surface area contributed by atoms with Gasteiger partial charge in [-0.05, 0) is 42.5 Å². The van der Waals surface area contributed by atoms with Crippen molar-refractivity contribution in [2.24, 2.45) is 5.18 Å². The summed E-state index contributed by atoms with van der Waals surface area (Å²) >= 11 is 0. The van der Waals surface area contributed by atoms with E-state index in [0.29, 0.717) is 0 Å². The molecule has 0 heterocycles. The summed E-state index contributed by atoms with van der Waals surface area (Å²) < 4.78 is 12.8. The van der Waals surface area contributed by atoms with Crippen LogP contribution >= 0.6 is 0 Å². The molecule has 0 bridgehead atoms. The molecule has 0 spiro atoms. The van der Waals surface area contributed by atoms with Gasteiger partial charge in [0.25, 0.3) is 0 Å². The topological polar surface area (TPSA) is 29.4 Å². The fraction of sp³-hybridized carbons (Fsp3) is 0.385. The van der Waals surface area contributed by atoms with Gasteiger partial charge >= 0.3 is 0 Å². The molecule has 2 nitrogen and oxygen atoms in total. The smallest absolute Gasteiger partial charge is 0.123 e. The number of nitrogens with zero attached hydrogens (tertiary/aromatic N) is 1. The van der Waals surface area contributed by atoms with Crippen molar-refractivity contribution in [3.63, 3.8) is 0 Å². The second-order valence-corrected chi connectivity index (χ2v) is 4.04. The Hall–Kier alpha value is -1.51. The molecule has 0 saturated heterocycles. The van der Waals surface area contributed by atoms with Gasteiger partial charge in [-0.25, -0.2) is 4.39 Å². The number of halogens is 1. The number of rotatable bonds is 3. The summed E-state index contributed by atoms with van der Waals surface area (Å²) in [7, 11) is 0. The van der Waals surface area contributed by atoms with Gasteiger partial charge in [0.15, 0.2) is 0 Å². The Bertz CT molecular complexity index is 422. The second-order valence-electron chi connectivity index (χ2n) is 4.04. The number of hydrogen-bond acceptors (Lipinski definition) is 2. The predicted octanol–water partition coefficient (Wildman–Crippen LogP) is 3.92. The van der Waals surface area contributed by atoms with Crippen molar-refractivity contribution in [1.82, 2.24) is 0 Å². The second kappa shape index (κ2) is 4.56. The zero-order chi connectivity index (χ0) is 11.5. The van der Waals surface area contributed by atoms with Crippen molar-refractivity contribution in [2.45, 2.75) is 32.2 Å². The van der Waals surface area contributed by atoms with Crippen molar-refractivity contribution < 1.29 is 4.39 Å². The van der Waals surface area contributed by atoms with Gasteiger partial charge in [-0.15, -0.1) is 0 Å². The van der Waals surface area contributed by atoms with Crippen molar-refractivity contribution in [2.75, 3.05) is 0 Å². The predicted molar refractivity (Wildman–Crippen MR) is 62.4 cm³/mol. The Morgan fingerprint density at radius 1 is 1.38 bits per heavy atom. The highest BCUT2D eigenvalue weighted by Crippen LogP contribution is 2.37. The van der Waals surface area contributed by atoms with Gasteiger partial charge < -0.3 is 0 Å². The highest BCUT2D eigenvalue weighted by molar-refractivity contribution is 5.74. The Balaban J connectivity index is 2.43. The van der Waals surface area contributed by atoms with E-state index < -0.39 is 0 Å². The first-order valence-corrected chi connectivity index (χ1v) is 5.56. The summed E-state index contributed by atoms with van der Waals surface area (Å²) in [6.45, 7) is 2.08. The largest absolute Gasteiger partial charge is 0.207 e. The minimum absolute atomic E-state index is 0.250. The van der Waals surface area contributed by atoms with Crippen molar-refractivity contribution in [3.8, 4) is 0 Å². The fourth-order valence-electron chi connectivity index (χ4n) is 2.32. The summed E-state index contributed by atoms with van der Waals surface area (Å²) in [6, 6.07) is 6.06. The van der Waals surface area contributed by atoms with Crippen LogP contribution in [0.1, 0.15) is 31.7 Å². The standard InChI is InChI=1S/C13H14FNO/c1-2-9-5-8-12(15-16)13(9)10-3-6-11(14)7-4-10/h3-4,6-7,12H,2,5,8H2,1H3. The number of benzene rings is 1. The average molecular weight is 219 g/mol. The third-order valence-electron chi connectivity index (χ3n) is 3.14. The molecule has 0 aromatic heterocycles. The molecule has 0 radical (unpaired) electrons. The molecule has 0 aliphatic heterocycles. The van der Waals surface area contributed by atoms with Crippen molar-refractivity contribution >= 4 is 5.57 Å². The summed E-state index contributed by atoms with van der Waals surface area (Å²) in [6.07, 6.45) is 2.65. The van der Waals surface area contributed by atoms with E-state index in [2.05, 4.69) is 12.1 Å². The lowest BCUT2D eigenvalue weighted by molar-refractivity contribution is 0.627. The fourth-order valence-corrected chi connectivity index (χ4v) is 2.32. The van der Waals surface area contributed by atoms with Crippen LogP contribution in [0.5, 0.6) is 0 Å². The summed E-state index contributed by atoms with van der Waals surface area (Å²) in [5, 5.41) is 3.16. The normalized spacial score (nSPS) is 20.2. The van der Waals surface area contributed by atoms with Crippen LogP contribution in [0.3, 0.4) is 0 Å². The van der Waals surface area contributed by atoms with Gasteiger partial charge in [0.1, 0.15) is 11.9 Å². The minimum atomic E-state index is -0.254. The highest BCUT2D eigenvalue weighted by atomic mass is 19.1. The summed E-state index contributed by atoms with van der Waals surface area (Å²) in [5.74, 6) is -0.254. The first-order chi connectivity index (χ1) is 7.76.